The van der Waals surface area contributed by atoms with E-state index < -0.39 is 11.5 Å². The number of carbonyl (C=O) groups excluding carboxylic acids is 1. The molecule has 5 aromatic rings. The molecule has 1 unspecified atom stereocenters. The van der Waals surface area contributed by atoms with E-state index in [0.717, 1.165) is 34.0 Å². The number of anilines is 1. The number of carbonyl (C=O) groups is 1. The molecule has 0 bridgehead atoms. The Hall–Kier alpha value is -4.48. The summed E-state index contributed by atoms with van der Waals surface area (Å²) in [6, 6.07) is 15.5. The number of aromatic nitrogens is 5. The molecule has 1 atom stereocenters. The quantitative estimate of drug-likeness (QED) is 0.304. The van der Waals surface area contributed by atoms with Crippen LogP contribution in [0.2, 0.25) is 0 Å². The van der Waals surface area contributed by atoms with Crippen molar-refractivity contribution in [2.45, 2.75) is 26.0 Å². The average molecular weight is 526 g/mol. The zero-order valence-corrected chi connectivity index (χ0v) is 21.4. The van der Waals surface area contributed by atoms with Crippen molar-refractivity contribution < 1.29 is 9.90 Å². The van der Waals surface area contributed by atoms with Crippen molar-refractivity contribution in [3.05, 3.63) is 92.6 Å². The minimum absolute atomic E-state index is 0.120. The maximum absolute atomic E-state index is 13.9. The van der Waals surface area contributed by atoms with Gasteiger partial charge in [-0.2, -0.15) is 5.10 Å². The van der Waals surface area contributed by atoms with Gasteiger partial charge in [0, 0.05) is 5.69 Å². The van der Waals surface area contributed by atoms with Crippen molar-refractivity contribution in [2.24, 2.45) is 0 Å². The summed E-state index contributed by atoms with van der Waals surface area (Å²) in [5.74, 6) is -0.193. The summed E-state index contributed by atoms with van der Waals surface area (Å²) >= 11 is 0.982. The van der Waals surface area contributed by atoms with Crippen LogP contribution >= 0.6 is 11.8 Å². The summed E-state index contributed by atoms with van der Waals surface area (Å²) < 4.78 is 3.37. The molecule has 0 spiro atoms. The van der Waals surface area contributed by atoms with E-state index in [4.69, 9.17) is 10.8 Å². The van der Waals surface area contributed by atoms with Crippen molar-refractivity contribution in [3.63, 3.8) is 0 Å². The molecule has 1 aliphatic rings. The zero-order chi connectivity index (χ0) is 26.6. The Morgan fingerprint density at radius 3 is 2.63 bits per heavy atom. The predicted octanol–water partition coefficient (Wildman–Crippen LogP) is 2.86. The predicted molar refractivity (Wildman–Crippen MR) is 148 cm³/mol. The van der Waals surface area contributed by atoms with Crippen molar-refractivity contribution in [1.82, 2.24) is 29.6 Å². The van der Waals surface area contributed by atoms with Gasteiger partial charge >= 0.3 is 0 Å². The lowest BCUT2D eigenvalue weighted by Crippen LogP contribution is -2.25. The van der Waals surface area contributed by atoms with E-state index >= 15 is 0 Å². The van der Waals surface area contributed by atoms with Crippen LogP contribution in [0.15, 0.2) is 64.6 Å². The Morgan fingerprint density at radius 2 is 1.87 bits per heavy atom. The van der Waals surface area contributed by atoms with Gasteiger partial charge in [0.25, 0.3) is 11.5 Å². The summed E-state index contributed by atoms with van der Waals surface area (Å²) in [5, 5.41) is 18.9. The second-order valence-corrected chi connectivity index (χ2v) is 10.2. The van der Waals surface area contributed by atoms with Gasteiger partial charge in [0.1, 0.15) is 12.1 Å². The lowest BCUT2D eigenvalue weighted by atomic mass is 10.1. The monoisotopic (exact) mass is 525 g/mol. The summed E-state index contributed by atoms with van der Waals surface area (Å²) in [7, 11) is 0. The van der Waals surface area contributed by atoms with Crippen molar-refractivity contribution in [3.8, 4) is 5.69 Å². The number of para-hydroxylation sites is 1. The van der Waals surface area contributed by atoms with E-state index in [1.807, 2.05) is 62.4 Å². The molecule has 2 aromatic carbocycles. The average Bonchev–Trinajstić information content (AvgIpc) is 3.39. The molecule has 4 N–H and O–H groups in total. The first-order chi connectivity index (χ1) is 18.3. The molecule has 1 saturated heterocycles. The smallest absolute Gasteiger partial charge is 0.263 e. The van der Waals surface area contributed by atoms with Crippen LogP contribution in [0.4, 0.5) is 5.82 Å². The highest BCUT2D eigenvalue weighted by molar-refractivity contribution is 8.05. The molecule has 0 saturated carbocycles. The van der Waals surface area contributed by atoms with Crippen LogP contribution in [0.1, 0.15) is 22.5 Å². The summed E-state index contributed by atoms with van der Waals surface area (Å²) in [6.45, 7) is 4.10. The molecule has 1 aliphatic heterocycles. The highest BCUT2D eigenvalue weighted by atomic mass is 32.2. The number of benzene rings is 2. The molecule has 11 heteroatoms. The molecule has 6 rings (SSSR count). The number of amides is 1. The lowest BCUT2D eigenvalue weighted by Gasteiger charge is -2.17. The van der Waals surface area contributed by atoms with Crippen molar-refractivity contribution in [1.29, 1.82) is 0 Å². The maximum Gasteiger partial charge on any atom is 0.263 e. The Labute approximate surface area is 220 Å². The number of rotatable bonds is 4. The third-order valence-corrected chi connectivity index (χ3v) is 7.47. The fourth-order valence-electron chi connectivity index (χ4n) is 4.82. The SMILES string of the molecule is Cc1ccccc1-n1c(Cn2nc(/C=C3/SC(O)NC3=O)c3c(N)ncnc32)cc2cccc(C)c2c1=O. The maximum atomic E-state index is 13.9. The van der Waals surface area contributed by atoms with E-state index in [2.05, 4.69) is 15.3 Å². The van der Waals surface area contributed by atoms with Gasteiger partial charge in [-0.05, 0) is 48.6 Å². The number of aliphatic hydroxyl groups is 1. The summed E-state index contributed by atoms with van der Waals surface area (Å²) in [6.07, 6.45) is 2.92. The fourth-order valence-corrected chi connectivity index (χ4v) is 5.57. The first kappa shape index (κ1) is 23.9. The Morgan fingerprint density at radius 1 is 1.08 bits per heavy atom. The standard InChI is InChI=1S/C27H23N7O3S/c1-14-6-3-4-9-19(14)34-17(10-16-8-5-7-15(2)21(16)26(34)36)12-33-24-22(23(28)29-13-30-24)18(32-33)11-20-25(35)31-27(37)38-20/h3-11,13,27,37H,12H2,1-2H3,(H,31,35)(H2,28,29,30)/b20-11+. The number of thioether (sulfide) groups is 1. The number of pyridine rings is 1. The van der Waals surface area contributed by atoms with Gasteiger partial charge in [-0.3, -0.25) is 14.2 Å². The number of fused-ring (bicyclic) bond motifs is 2. The number of nitrogens with zero attached hydrogens (tertiary/aromatic N) is 5. The highest BCUT2D eigenvalue weighted by Crippen LogP contribution is 2.31. The van der Waals surface area contributed by atoms with Gasteiger partial charge in [-0.25, -0.2) is 14.6 Å². The zero-order valence-electron chi connectivity index (χ0n) is 20.5. The van der Waals surface area contributed by atoms with Crippen LogP contribution in [0.5, 0.6) is 0 Å². The molecule has 4 heterocycles. The molecule has 190 valence electrons. The van der Waals surface area contributed by atoms with Crippen LogP contribution in [0.3, 0.4) is 0 Å². The van der Waals surface area contributed by atoms with E-state index in [1.165, 1.54) is 6.33 Å². The Kier molecular flexibility index (Phi) is 5.73. The molecular weight excluding hydrogens is 502 g/mol. The Bertz CT molecular complexity index is 1860. The number of aliphatic hydroxyl groups excluding tert-OH is 1. The number of nitrogens with two attached hydrogens (primary N) is 1. The van der Waals surface area contributed by atoms with Crippen LogP contribution < -0.4 is 16.6 Å². The van der Waals surface area contributed by atoms with Crippen LogP contribution in [-0.2, 0) is 11.3 Å². The van der Waals surface area contributed by atoms with Gasteiger partial charge in [0.2, 0.25) is 0 Å². The minimum atomic E-state index is -1.03. The third-order valence-electron chi connectivity index (χ3n) is 6.57. The van der Waals surface area contributed by atoms with Gasteiger partial charge in [0.05, 0.1) is 33.6 Å². The second kappa shape index (κ2) is 9.12. The van der Waals surface area contributed by atoms with Crippen LogP contribution in [0.25, 0.3) is 33.6 Å². The molecule has 3 aromatic heterocycles. The van der Waals surface area contributed by atoms with Crippen LogP contribution in [0, 0.1) is 13.8 Å². The molecule has 0 aliphatic carbocycles. The molecular formula is C27H23N7O3S. The fraction of sp³-hybridized carbons (Fsp3) is 0.148. The number of aryl methyl sites for hydroxylation is 2. The van der Waals surface area contributed by atoms with Gasteiger partial charge in [-0.1, -0.05) is 48.2 Å². The number of hydrogen-bond donors (Lipinski definition) is 3. The molecule has 38 heavy (non-hydrogen) atoms. The first-order valence-electron chi connectivity index (χ1n) is 11.9. The van der Waals surface area contributed by atoms with E-state index in [9.17, 15) is 14.7 Å². The lowest BCUT2D eigenvalue weighted by molar-refractivity contribution is -0.117. The van der Waals surface area contributed by atoms with E-state index in [0.29, 0.717) is 32.7 Å². The van der Waals surface area contributed by atoms with Gasteiger partial charge < -0.3 is 16.2 Å². The number of nitrogens with one attached hydrogen (secondary N) is 1. The van der Waals surface area contributed by atoms with Gasteiger partial charge in [-0.15, -0.1) is 0 Å². The minimum Gasteiger partial charge on any atom is -0.383 e. The molecule has 1 fully saturated rings. The normalized spacial score (nSPS) is 16.6. The largest absolute Gasteiger partial charge is 0.383 e. The summed E-state index contributed by atoms with van der Waals surface area (Å²) in [4.78, 5) is 35.0. The number of nitrogen functional groups attached to an aromatic ring is 1. The first-order valence-corrected chi connectivity index (χ1v) is 12.7. The summed E-state index contributed by atoms with van der Waals surface area (Å²) in [5.41, 5.74) is 9.25. The molecule has 10 nitrogen and oxygen atoms in total. The highest BCUT2D eigenvalue weighted by Gasteiger charge is 2.27. The van der Waals surface area contributed by atoms with Gasteiger partial charge in [0.15, 0.2) is 11.2 Å². The Balaban J connectivity index is 1.58. The topological polar surface area (TPSA) is 141 Å². The number of hydrogen-bond acceptors (Lipinski definition) is 8. The van der Waals surface area contributed by atoms with Crippen LogP contribution in [-0.4, -0.2) is 40.9 Å². The molecule has 0 radical (unpaired) electrons. The second-order valence-electron chi connectivity index (χ2n) is 9.05. The molecule has 1 amide bonds. The van der Waals surface area contributed by atoms with E-state index in [1.54, 1.807) is 15.3 Å². The van der Waals surface area contributed by atoms with Crippen molar-refractivity contribution >= 4 is 51.4 Å². The van der Waals surface area contributed by atoms with Crippen molar-refractivity contribution in [2.75, 3.05) is 5.73 Å². The third kappa shape index (κ3) is 3.92. The van der Waals surface area contributed by atoms with E-state index in [-0.39, 0.29) is 17.9 Å².